The van der Waals surface area contributed by atoms with E-state index in [2.05, 4.69) is 10.3 Å². The number of carbonyl (C=O) groups excluding carboxylic acids is 1. The standard InChI is InChI=1S/C19H22F2N4O2/c1-27-11-14-10-24(23-22-14)17-8-15-4-5-16(9-17)25(15)19(26)6-12-2-3-13(20)7-18(12)21/h2-3,7,10,15-17H,4-6,8-9,11H2,1H3. The fourth-order valence-electron chi connectivity index (χ4n) is 4.40. The number of nitrogens with zero attached hydrogens (tertiary/aromatic N) is 4. The summed E-state index contributed by atoms with van der Waals surface area (Å²) in [5, 5.41) is 8.32. The Balaban J connectivity index is 1.44. The largest absolute Gasteiger partial charge is 0.378 e. The zero-order valence-electron chi connectivity index (χ0n) is 15.1. The fourth-order valence-corrected chi connectivity index (χ4v) is 4.40. The van der Waals surface area contributed by atoms with E-state index in [0.717, 1.165) is 37.4 Å². The van der Waals surface area contributed by atoms with Gasteiger partial charge in [0.1, 0.15) is 17.3 Å². The second kappa shape index (κ2) is 7.34. The highest BCUT2D eigenvalue weighted by atomic mass is 19.1. The van der Waals surface area contributed by atoms with E-state index in [-0.39, 0.29) is 36.0 Å². The quantitative estimate of drug-likeness (QED) is 0.805. The van der Waals surface area contributed by atoms with Gasteiger partial charge in [-0.05, 0) is 37.3 Å². The number of fused-ring (bicyclic) bond motifs is 2. The molecule has 2 unspecified atom stereocenters. The summed E-state index contributed by atoms with van der Waals surface area (Å²) in [7, 11) is 1.62. The van der Waals surface area contributed by atoms with Gasteiger partial charge in [0.05, 0.1) is 25.3 Å². The van der Waals surface area contributed by atoms with Crippen molar-refractivity contribution in [2.24, 2.45) is 0 Å². The molecule has 2 aliphatic rings. The molecule has 27 heavy (non-hydrogen) atoms. The molecule has 0 aliphatic carbocycles. The molecule has 1 aromatic carbocycles. The third-order valence-corrected chi connectivity index (χ3v) is 5.58. The number of methoxy groups -OCH3 is 1. The van der Waals surface area contributed by atoms with E-state index in [1.54, 1.807) is 7.11 Å². The molecule has 2 aliphatic heterocycles. The van der Waals surface area contributed by atoms with Gasteiger partial charge in [0.25, 0.3) is 0 Å². The number of hydrogen-bond donors (Lipinski definition) is 0. The van der Waals surface area contributed by atoms with E-state index in [1.165, 1.54) is 12.1 Å². The maximum atomic E-state index is 13.9. The van der Waals surface area contributed by atoms with E-state index in [1.807, 2.05) is 15.8 Å². The maximum Gasteiger partial charge on any atom is 0.227 e. The van der Waals surface area contributed by atoms with E-state index >= 15 is 0 Å². The molecule has 2 aromatic rings. The number of amides is 1. The SMILES string of the molecule is COCc1cn(C2CC3CCC(C2)N3C(=O)Cc2ccc(F)cc2F)nn1. The number of aromatic nitrogens is 3. The minimum Gasteiger partial charge on any atom is -0.378 e. The lowest BCUT2D eigenvalue weighted by atomic mass is 9.96. The molecule has 144 valence electrons. The molecule has 2 bridgehead atoms. The minimum absolute atomic E-state index is 0.0366. The average Bonchev–Trinajstić information content (AvgIpc) is 3.20. The molecule has 8 heteroatoms. The van der Waals surface area contributed by atoms with Crippen molar-refractivity contribution in [3.05, 3.63) is 47.3 Å². The molecule has 0 N–H and O–H groups in total. The Morgan fingerprint density at radius 3 is 2.63 bits per heavy atom. The van der Waals surface area contributed by atoms with Crippen molar-refractivity contribution in [3.8, 4) is 0 Å². The molecule has 6 nitrogen and oxygen atoms in total. The molecule has 2 atom stereocenters. The Kier molecular flexibility index (Phi) is 4.90. The normalized spacial score (nSPS) is 24.4. The molecule has 0 saturated carbocycles. The van der Waals surface area contributed by atoms with Crippen molar-refractivity contribution < 1.29 is 18.3 Å². The van der Waals surface area contributed by atoms with Crippen LogP contribution in [-0.4, -0.2) is 45.0 Å². The average molecular weight is 376 g/mol. The van der Waals surface area contributed by atoms with Crippen LogP contribution < -0.4 is 0 Å². The number of piperidine rings is 1. The summed E-state index contributed by atoms with van der Waals surface area (Å²) < 4.78 is 33.9. The molecule has 1 amide bonds. The lowest BCUT2D eigenvalue weighted by molar-refractivity contribution is -0.135. The number of carbonyl (C=O) groups is 1. The van der Waals surface area contributed by atoms with Crippen LogP contribution >= 0.6 is 0 Å². The van der Waals surface area contributed by atoms with Crippen molar-refractivity contribution >= 4 is 5.91 Å². The minimum atomic E-state index is -0.668. The number of hydrogen-bond acceptors (Lipinski definition) is 4. The molecule has 4 rings (SSSR count). The molecule has 0 spiro atoms. The highest BCUT2D eigenvalue weighted by Gasteiger charge is 2.43. The second-order valence-electron chi connectivity index (χ2n) is 7.35. The summed E-state index contributed by atoms with van der Waals surface area (Å²) in [6.45, 7) is 0.424. The van der Waals surface area contributed by atoms with Crippen LogP contribution in [0, 0.1) is 11.6 Å². The molecular weight excluding hydrogens is 354 g/mol. The predicted octanol–water partition coefficient (Wildman–Crippen LogP) is 2.64. The van der Waals surface area contributed by atoms with Crippen LogP contribution in [-0.2, 0) is 22.6 Å². The van der Waals surface area contributed by atoms with Gasteiger partial charge in [-0.3, -0.25) is 4.79 Å². The van der Waals surface area contributed by atoms with E-state index in [4.69, 9.17) is 4.74 Å². The summed E-state index contributed by atoms with van der Waals surface area (Å²) >= 11 is 0. The smallest absolute Gasteiger partial charge is 0.227 e. The van der Waals surface area contributed by atoms with Crippen molar-refractivity contribution in [3.63, 3.8) is 0 Å². The summed E-state index contributed by atoms with van der Waals surface area (Å²) in [4.78, 5) is 14.7. The first kappa shape index (κ1) is 18.0. The van der Waals surface area contributed by atoms with Crippen molar-refractivity contribution in [2.75, 3.05) is 7.11 Å². The first-order chi connectivity index (χ1) is 13.0. The van der Waals surface area contributed by atoms with Crippen LogP contribution in [0.2, 0.25) is 0 Å². The van der Waals surface area contributed by atoms with E-state index in [0.29, 0.717) is 6.61 Å². The van der Waals surface area contributed by atoms with E-state index in [9.17, 15) is 13.6 Å². The zero-order valence-corrected chi connectivity index (χ0v) is 15.1. The second-order valence-corrected chi connectivity index (χ2v) is 7.35. The van der Waals surface area contributed by atoms with E-state index < -0.39 is 11.6 Å². The van der Waals surface area contributed by atoms with Gasteiger partial charge in [0.15, 0.2) is 0 Å². The maximum absolute atomic E-state index is 13.9. The van der Waals surface area contributed by atoms with Gasteiger partial charge in [-0.25, -0.2) is 13.5 Å². The zero-order chi connectivity index (χ0) is 19.0. The number of ether oxygens (including phenoxy) is 1. The molecule has 2 saturated heterocycles. The van der Waals surface area contributed by atoms with Crippen LogP contribution in [0.3, 0.4) is 0 Å². The van der Waals surface area contributed by atoms with Gasteiger partial charge in [-0.15, -0.1) is 5.10 Å². The Labute approximate surface area is 156 Å². The summed E-state index contributed by atoms with van der Waals surface area (Å²) in [6.07, 6.45) is 5.37. The van der Waals surface area contributed by atoms with Crippen molar-refractivity contribution in [2.45, 2.75) is 56.8 Å². The lowest BCUT2D eigenvalue weighted by Crippen LogP contribution is -2.47. The van der Waals surface area contributed by atoms with Gasteiger partial charge < -0.3 is 9.64 Å². The Hall–Kier alpha value is -2.35. The Morgan fingerprint density at radius 2 is 1.96 bits per heavy atom. The first-order valence-corrected chi connectivity index (χ1v) is 9.20. The predicted molar refractivity (Wildman–Crippen MR) is 92.7 cm³/mol. The summed E-state index contributed by atoms with van der Waals surface area (Å²) in [5.74, 6) is -1.39. The number of rotatable bonds is 5. The number of halogens is 2. The summed E-state index contributed by atoms with van der Waals surface area (Å²) in [5.41, 5.74) is 1.03. The third kappa shape index (κ3) is 3.58. The highest BCUT2D eigenvalue weighted by molar-refractivity contribution is 5.80. The fraction of sp³-hybridized carbons (Fsp3) is 0.526. The Morgan fingerprint density at radius 1 is 1.22 bits per heavy atom. The van der Waals surface area contributed by atoms with Crippen molar-refractivity contribution in [1.82, 2.24) is 19.9 Å². The van der Waals surface area contributed by atoms with Gasteiger partial charge in [0.2, 0.25) is 5.91 Å². The van der Waals surface area contributed by atoms with Crippen LogP contribution in [0.5, 0.6) is 0 Å². The molecule has 0 radical (unpaired) electrons. The van der Waals surface area contributed by atoms with Gasteiger partial charge in [-0.2, -0.15) is 0 Å². The van der Waals surface area contributed by atoms with Gasteiger partial charge in [-0.1, -0.05) is 11.3 Å². The Bertz CT molecular complexity index is 827. The monoisotopic (exact) mass is 376 g/mol. The summed E-state index contributed by atoms with van der Waals surface area (Å²) in [6, 6.07) is 3.82. The van der Waals surface area contributed by atoms with Crippen LogP contribution in [0.4, 0.5) is 8.78 Å². The third-order valence-electron chi connectivity index (χ3n) is 5.58. The highest BCUT2D eigenvalue weighted by Crippen LogP contribution is 2.41. The molecule has 2 fully saturated rings. The molecular formula is C19H22F2N4O2. The van der Waals surface area contributed by atoms with Gasteiger partial charge >= 0.3 is 0 Å². The van der Waals surface area contributed by atoms with Crippen LogP contribution in [0.1, 0.15) is 43.0 Å². The topological polar surface area (TPSA) is 60.2 Å². The number of benzene rings is 1. The first-order valence-electron chi connectivity index (χ1n) is 9.20. The van der Waals surface area contributed by atoms with Crippen LogP contribution in [0.15, 0.2) is 24.4 Å². The lowest BCUT2D eigenvalue weighted by Gasteiger charge is -2.39. The molecule has 1 aromatic heterocycles. The van der Waals surface area contributed by atoms with Crippen molar-refractivity contribution in [1.29, 1.82) is 0 Å². The van der Waals surface area contributed by atoms with Gasteiger partial charge in [0, 0.05) is 25.3 Å². The van der Waals surface area contributed by atoms with Crippen LogP contribution in [0.25, 0.3) is 0 Å². The molecule has 3 heterocycles.